The molecule has 1 aromatic carbocycles. The molecule has 9 nitrogen and oxygen atoms in total. The summed E-state index contributed by atoms with van der Waals surface area (Å²) < 4.78 is 12.3. The van der Waals surface area contributed by atoms with Gasteiger partial charge in [0.2, 0.25) is 5.91 Å². The summed E-state index contributed by atoms with van der Waals surface area (Å²) in [7, 11) is 0. The minimum atomic E-state index is -0.630. The Labute approximate surface area is 225 Å². The third-order valence-electron chi connectivity index (χ3n) is 7.14. The second kappa shape index (κ2) is 11.7. The summed E-state index contributed by atoms with van der Waals surface area (Å²) in [4.78, 5) is 43.0. The van der Waals surface area contributed by atoms with E-state index in [4.69, 9.17) is 9.47 Å². The van der Waals surface area contributed by atoms with E-state index in [0.29, 0.717) is 38.1 Å². The average molecular weight is 525 g/mol. The molecule has 3 atom stereocenters. The lowest BCUT2D eigenvalue weighted by atomic mass is 9.74. The molecule has 0 unspecified atom stereocenters. The number of carbonyl (C=O) groups is 3. The Morgan fingerprint density at radius 3 is 2.47 bits per heavy atom. The third-order valence-corrected chi connectivity index (χ3v) is 7.14. The second-order valence-electron chi connectivity index (χ2n) is 11.4. The maximum absolute atomic E-state index is 13.7. The Bertz CT molecular complexity index is 1140. The molecule has 38 heavy (non-hydrogen) atoms. The fourth-order valence-corrected chi connectivity index (χ4v) is 5.60. The SMILES string of the molecule is CCCN(C(=O)Oc1ccccc1)C(=O)[C@@H]1C[C@@H]2Cc3nn(C(=O)OC(C)(C)C)cc3C[C@H]2N(CCC)C1. The predicted octanol–water partition coefficient (Wildman–Crippen LogP) is 4.92. The lowest BCUT2D eigenvalue weighted by Crippen LogP contribution is -2.56. The van der Waals surface area contributed by atoms with Crippen LogP contribution < -0.4 is 4.74 Å². The van der Waals surface area contributed by atoms with Gasteiger partial charge in [0, 0.05) is 25.3 Å². The second-order valence-corrected chi connectivity index (χ2v) is 11.4. The number of piperidine rings is 1. The molecule has 4 rings (SSSR count). The summed E-state index contributed by atoms with van der Waals surface area (Å²) in [5.74, 6) is 0.125. The van der Waals surface area contributed by atoms with Crippen molar-refractivity contribution < 1.29 is 23.9 Å². The van der Waals surface area contributed by atoms with Gasteiger partial charge in [-0.25, -0.2) is 14.5 Å². The Hall–Kier alpha value is -3.20. The first-order valence-electron chi connectivity index (χ1n) is 13.7. The van der Waals surface area contributed by atoms with Gasteiger partial charge in [-0.1, -0.05) is 32.0 Å². The van der Waals surface area contributed by atoms with Crippen molar-refractivity contribution in [2.75, 3.05) is 19.6 Å². The van der Waals surface area contributed by atoms with Crippen molar-refractivity contribution in [3.05, 3.63) is 47.8 Å². The number of hydrogen-bond donors (Lipinski definition) is 0. The molecule has 0 bridgehead atoms. The van der Waals surface area contributed by atoms with E-state index in [9.17, 15) is 14.4 Å². The van der Waals surface area contributed by atoms with Crippen LogP contribution in [0.3, 0.4) is 0 Å². The molecule has 1 saturated heterocycles. The smallest absolute Gasteiger partial charge is 0.435 e. The van der Waals surface area contributed by atoms with Crippen LogP contribution in [0.4, 0.5) is 9.59 Å². The van der Waals surface area contributed by atoms with E-state index < -0.39 is 17.8 Å². The molecule has 1 aliphatic carbocycles. The van der Waals surface area contributed by atoms with Crippen LogP contribution in [0.1, 0.15) is 65.1 Å². The molecule has 2 amide bonds. The molecule has 1 fully saturated rings. The summed E-state index contributed by atoms with van der Waals surface area (Å²) >= 11 is 0. The average Bonchev–Trinajstić information content (AvgIpc) is 3.28. The summed E-state index contributed by atoms with van der Waals surface area (Å²) in [5, 5.41) is 4.56. The van der Waals surface area contributed by atoms with E-state index in [-0.39, 0.29) is 23.8 Å². The van der Waals surface area contributed by atoms with Crippen molar-refractivity contribution in [2.24, 2.45) is 11.8 Å². The Morgan fingerprint density at radius 1 is 1.08 bits per heavy atom. The molecule has 0 radical (unpaired) electrons. The van der Waals surface area contributed by atoms with Gasteiger partial charge in [0.25, 0.3) is 0 Å². The van der Waals surface area contributed by atoms with Crippen LogP contribution in [0.15, 0.2) is 36.5 Å². The molecule has 0 N–H and O–H groups in total. The fourth-order valence-electron chi connectivity index (χ4n) is 5.60. The van der Waals surface area contributed by atoms with E-state index in [1.807, 2.05) is 33.8 Å². The third kappa shape index (κ3) is 6.43. The number of hydrogen-bond acceptors (Lipinski definition) is 7. The number of rotatable bonds is 6. The van der Waals surface area contributed by atoms with E-state index >= 15 is 0 Å². The van der Waals surface area contributed by atoms with E-state index in [1.54, 1.807) is 30.5 Å². The molecular weight excluding hydrogens is 484 g/mol. The van der Waals surface area contributed by atoms with Crippen molar-refractivity contribution in [1.82, 2.24) is 19.6 Å². The molecule has 0 saturated carbocycles. The zero-order chi connectivity index (χ0) is 27.4. The van der Waals surface area contributed by atoms with Gasteiger partial charge in [-0.05, 0) is 83.0 Å². The largest absolute Gasteiger partial charge is 0.442 e. The van der Waals surface area contributed by atoms with Crippen LogP contribution >= 0.6 is 0 Å². The first-order valence-corrected chi connectivity index (χ1v) is 13.7. The molecule has 2 aromatic rings. The minimum absolute atomic E-state index is 0.183. The summed E-state index contributed by atoms with van der Waals surface area (Å²) in [6.07, 6.45) is 4.42. The van der Waals surface area contributed by atoms with Crippen LogP contribution in [-0.4, -0.2) is 69.0 Å². The number of nitrogens with zero attached hydrogens (tertiary/aromatic N) is 4. The van der Waals surface area contributed by atoms with Gasteiger partial charge in [-0.3, -0.25) is 9.69 Å². The number of fused-ring (bicyclic) bond motifs is 2. The molecule has 1 aromatic heterocycles. The van der Waals surface area contributed by atoms with Crippen molar-refractivity contribution >= 4 is 18.1 Å². The first kappa shape index (κ1) is 27.8. The Kier molecular flexibility index (Phi) is 8.55. The summed E-state index contributed by atoms with van der Waals surface area (Å²) in [6, 6.07) is 9.10. The van der Waals surface area contributed by atoms with Crippen molar-refractivity contribution in [1.29, 1.82) is 0 Å². The lowest BCUT2D eigenvalue weighted by molar-refractivity contribution is -0.137. The van der Waals surface area contributed by atoms with Gasteiger partial charge < -0.3 is 9.47 Å². The maximum Gasteiger partial charge on any atom is 0.435 e. The molecule has 0 spiro atoms. The standard InChI is InChI=1S/C29H40N4O5/c1-6-13-31-18-22(26(34)32(14-7-2)27(35)37-23-11-9-8-10-12-23)15-20-16-24-21(17-25(20)31)19-33(30-24)28(36)38-29(3,4)5/h8-12,19-20,22,25H,6-7,13-18H2,1-5H3/t20-,22-,25-/m1/s1. The van der Waals surface area contributed by atoms with Crippen LogP contribution in [0.25, 0.3) is 0 Å². The number of aromatic nitrogens is 2. The highest BCUT2D eigenvalue weighted by molar-refractivity contribution is 5.94. The van der Waals surface area contributed by atoms with Gasteiger partial charge in [-0.15, -0.1) is 0 Å². The molecule has 2 heterocycles. The van der Waals surface area contributed by atoms with Gasteiger partial charge >= 0.3 is 12.2 Å². The number of para-hydroxylation sites is 1. The number of ether oxygens (including phenoxy) is 2. The number of imide groups is 1. The number of carbonyl (C=O) groups excluding carboxylic acids is 3. The predicted molar refractivity (Wildman–Crippen MR) is 143 cm³/mol. The highest BCUT2D eigenvalue weighted by Gasteiger charge is 2.44. The van der Waals surface area contributed by atoms with Crippen LogP contribution in [0, 0.1) is 11.8 Å². The molecule has 1 aliphatic heterocycles. The van der Waals surface area contributed by atoms with Crippen LogP contribution in [0.5, 0.6) is 5.75 Å². The first-order chi connectivity index (χ1) is 18.1. The van der Waals surface area contributed by atoms with Crippen molar-refractivity contribution in [3.63, 3.8) is 0 Å². The van der Waals surface area contributed by atoms with Crippen LogP contribution in [-0.2, 0) is 22.4 Å². The molecular formula is C29H40N4O5. The van der Waals surface area contributed by atoms with Gasteiger partial charge in [0.1, 0.15) is 11.4 Å². The molecule has 206 valence electrons. The van der Waals surface area contributed by atoms with E-state index in [0.717, 1.165) is 30.6 Å². The van der Waals surface area contributed by atoms with Crippen molar-refractivity contribution in [2.45, 2.75) is 78.4 Å². The topological polar surface area (TPSA) is 94.0 Å². The van der Waals surface area contributed by atoms with Crippen LogP contribution in [0.2, 0.25) is 0 Å². The number of likely N-dealkylation sites (tertiary alicyclic amines) is 1. The summed E-state index contributed by atoms with van der Waals surface area (Å²) in [5.41, 5.74) is 1.34. The maximum atomic E-state index is 13.7. The fraction of sp³-hybridized carbons (Fsp3) is 0.586. The Balaban J connectivity index is 1.51. The van der Waals surface area contributed by atoms with E-state index in [2.05, 4.69) is 16.9 Å². The normalized spacial score (nSPS) is 21.2. The number of amides is 2. The highest BCUT2D eigenvalue weighted by atomic mass is 16.6. The monoisotopic (exact) mass is 524 g/mol. The quantitative estimate of drug-likeness (QED) is 0.529. The van der Waals surface area contributed by atoms with Gasteiger partial charge in [-0.2, -0.15) is 9.78 Å². The highest BCUT2D eigenvalue weighted by Crippen LogP contribution is 2.37. The van der Waals surface area contributed by atoms with Gasteiger partial charge in [0.05, 0.1) is 11.6 Å². The van der Waals surface area contributed by atoms with E-state index in [1.165, 1.54) is 9.58 Å². The lowest BCUT2D eigenvalue weighted by Gasteiger charge is -2.46. The van der Waals surface area contributed by atoms with Crippen molar-refractivity contribution in [3.8, 4) is 5.75 Å². The Morgan fingerprint density at radius 2 is 1.82 bits per heavy atom. The summed E-state index contributed by atoms with van der Waals surface area (Å²) in [6.45, 7) is 11.4. The zero-order valence-corrected chi connectivity index (χ0v) is 23.2. The number of benzene rings is 1. The molecule has 2 aliphatic rings. The molecule has 9 heteroatoms. The zero-order valence-electron chi connectivity index (χ0n) is 23.2. The van der Waals surface area contributed by atoms with Gasteiger partial charge in [0.15, 0.2) is 0 Å². The minimum Gasteiger partial charge on any atom is -0.442 e.